The van der Waals surface area contributed by atoms with Crippen LogP contribution in [0.5, 0.6) is 0 Å². The molecule has 1 aliphatic carbocycles. The highest BCUT2D eigenvalue weighted by molar-refractivity contribution is 4.91. The molecule has 0 bridgehead atoms. The van der Waals surface area contributed by atoms with Gasteiger partial charge in [0.05, 0.1) is 0 Å². The molecule has 1 N–H and O–H groups in total. The van der Waals surface area contributed by atoms with Gasteiger partial charge >= 0.3 is 0 Å². The summed E-state index contributed by atoms with van der Waals surface area (Å²) in [6, 6.07) is 1.52. The zero-order valence-electron chi connectivity index (χ0n) is 9.92. The zero-order valence-corrected chi connectivity index (χ0v) is 9.92. The number of rotatable bonds is 1. The average Bonchev–Trinajstić information content (AvgIpc) is 2.45. The maximum atomic E-state index is 3.68. The second kappa shape index (κ2) is 4.22. The molecule has 1 saturated heterocycles. The van der Waals surface area contributed by atoms with Crippen LogP contribution in [0.3, 0.4) is 0 Å². The van der Waals surface area contributed by atoms with Crippen molar-refractivity contribution in [3.63, 3.8) is 0 Å². The summed E-state index contributed by atoms with van der Waals surface area (Å²) < 4.78 is 0. The van der Waals surface area contributed by atoms with Gasteiger partial charge in [0.15, 0.2) is 0 Å². The van der Waals surface area contributed by atoms with Gasteiger partial charge in [0.1, 0.15) is 0 Å². The molecular formula is C13H25N. The Kier molecular flexibility index (Phi) is 3.16. The number of hydrogen-bond donors (Lipinski definition) is 1. The van der Waals surface area contributed by atoms with Crippen LogP contribution in [0.25, 0.3) is 0 Å². The third-order valence-electron chi connectivity index (χ3n) is 4.40. The molecule has 2 aliphatic rings. The van der Waals surface area contributed by atoms with Gasteiger partial charge in [-0.3, -0.25) is 0 Å². The molecule has 1 saturated carbocycles. The molecule has 1 heterocycles. The summed E-state index contributed by atoms with van der Waals surface area (Å²) in [4.78, 5) is 0. The van der Waals surface area contributed by atoms with Gasteiger partial charge in [-0.1, -0.05) is 26.2 Å². The monoisotopic (exact) mass is 195 g/mol. The van der Waals surface area contributed by atoms with Crippen molar-refractivity contribution in [3.8, 4) is 0 Å². The van der Waals surface area contributed by atoms with E-state index >= 15 is 0 Å². The molecule has 82 valence electrons. The summed E-state index contributed by atoms with van der Waals surface area (Å²) in [6.07, 6.45) is 7.35. The van der Waals surface area contributed by atoms with E-state index in [1.54, 1.807) is 0 Å². The van der Waals surface area contributed by atoms with Crippen LogP contribution in [0.1, 0.15) is 52.9 Å². The van der Waals surface area contributed by atoms with Gasteiger partial charge in [0.25, 0.3) is 0 Å². The standard InChI is InChI=1S/C13H25N/c1-9-5-4-6-12(7-9)13-8-10(2)14-11(13)3/h9-14H,4-8H2,1-3H3. The fourth-order valence-electron chi connectivity index (χ4n) is 3.72. The molecule has 2 rings (SSSR count). The Hall–Kier alpha value is -0.0400. The van der Waals surface area contributed by atoms with Crippen LogP contribution in [0, 0.1) is 17.8 Å². The van der Waals surface area contributed by atoms with E-state index in [0.29, 0.717) is 0 Å². The van der Waals surface area contributed by atoms with Crippen molar-refractivity contribution in [1.29, 1.82) is 0 Å². The third-order valence-corrected chi connectivity index (χ3v) is 4.40. The van der Waals surface area contributed by atoms with Crippen molar-refractivity contribution in [2.45, 2.75) is 65.0 Å². The highest BCUT2D eigenvalue weighted by atomic mass is 15.0. The fourth-order valence-corrected chi connectivity index (χ4v) is 3.72. The Labute approximate surface area is 88.7 Å². The third kappa shape index (κ3) is 2.13. The lowest BCUT2D eigenvalue weighted by Gasteiger charge is -2.33. The molecule has 5 unspecified atom stereocenters. The Balaban J connectivity index is 1.93. The van der Waals surface area contributed by atoms with E-state index in [2.05, 4.69) is 26.1 Å². The minimum atomic E-state index is 0.757. The molecule has 2 fully saturated rings. The van der Waals surface area contributed by atoms with Crippen LogP contribution >= 0.6 is 0 Å². The molecule has 0 aromatic heterocycles. The summed E-state index contributed by atoms with van der Waals surface area (Å²) in [7, 11) is 0. The van der Waals surface area contributed by atoms with E-state index in [1.807, 2.05) is 0 Å². The molecule has 0 radical (unpaired) electrons. The van der Waals surface area contributed by atoms with E-state index in [4.69, 9.17) is 0 Å². The van der Waals surface area contributed by atoms with Crippen molar-refractivity contribution in [2.75, 3.05) is 0 Å². The second-order valence-corrected chi connectivity index (χ2v) is 5.79. The molecule has 1 nitrogen and oxygen atoms in total. The molecule has 0 amide bonds. The topological polar surface area (TPSA) is 12.0 Å². The fraction of sp³-hybridized carbons (Fsp3) is 1.00. The van der Waals surface area contributed by atoms with Crippen LogP contribution in [0.15, 0.2) is 0 Å². The lowest BCUT2D eigenvalue weighted by molar-refractivity contribution is 0.194. The molecule has 1 heteroatoms. The quantitative estimate of drug-likeness (QED) is 0.677. The molecule has 0 aromatic rings. The van der Waals surface area contributed by atoms with Gasteiger partial charge in [-0.15, -0.1) is 0 Å². The summed E-state index contributed by atoms with van der Waals surface area (Å²) in [5, 5.41) is 3.68. The van der Waals surface area contributed by atoms with Crippen molar-refractivity contribution in [3.05, 3.63) is 0 Å². The normalized spacial score (nSPS) is 49.5. The lowest BCUT2D eigenvalue weighted by atomic mass is 9.73. The van der Waals surface area contributed by atoms with E-state index < -0.39 is 0 Å². The first kappa shape index (κ1) is 10.5. The smallest absolute Gasteiger partial charge is 0.00727 e. The first-order chi connectivity index (χ1) is 6.66. The zero-order chi connectivity index (χ0) is 10.1. The highest BCUT2D eigenvalue weighted by Gasteiger charge is 2.35. The molecule has 0 spiro atoms. The van der Waals surface area contributed by atoms with Gasteiger partial charge in [-0.25, -0.2) is 0 Å². The summed E-state index contributed by atoms with van der Waals surface area (Å²) in [6.45, 7) is 7.15. The number of hydrogen-bond acceptors (Lipinski definition) is 1. The van der Waals surface area contributed by atoms with Crippen LogP contribution in [0.2, 0.25) is 0 Å². The van der Waals surface area contributed by atoms with Gasteiger partial charge in [-0.2, -0.15) is 0 Å². The maximum Gasteiger partial charge on any atom is 0.00727 e. The van der Waals surface area contributed by atoms with Crippen LogP contribution in [-0.2, 0) is 0 Å². The van der Waals surface area contributed by atoms with Gasteiger partial charge < -0.3 is 5.32 Å². The molecular weight excluding hydrogens is 170 g/mol. The van der Waals surface area contributed by atoms with Crippen molar-refractivity contribution < 1.29 is 0 Å². The Morgan fingerprint density at radius 1 is 1.00 bits per heavy atom. The minimum Gasteiger partial charge on any atom is -0.311 e. The molecule has 5 atom stereocenters. The van der Waals surface area contributed by atoms with Gasteiger partial charge in [-0.05, 0) is 44.4 Å². The number of nitrogens with one attached hydrogen (secondary N) is 1. The minimum absolute atomic E-state index is 0.757. The van der Waals surface area contributed by atoms with Gasteiger partial charge in [0.2, 0.25) is 0 Å². The summed E-state index contributed by atoms with van der Waals surface area (Å²) in [5.74, 6) is 2.97. The van der Waals surface area contributed by atoms with Crippen LogP contribution in [0.4, 0.5) is 0 Å². The Morgan fingerprint density at radius 3 is 2.36 bits per heavy atom. The maximum absolute atomic E-state index is 3.68. The first-order valence-electron chi connectivity index (χ1n) is 6.43. The van der Waals surface area contributed by atoms with Crippen LogP contribution < -0.4 is 5.32 Å². The highest BCUT2D eigenvalue weighted by Crippen LogP contribution is 2.39. The van der Waals surface area contributed by atoms with E-state index in [0.717, 1.165) is 29.8 Å². The van der Waals surface area contributed by atoms with Gasteiger partial charge in [0, 0.05) is 12.1 Å². The Morgan fingerprint density at radius 2 is 1.79 bits per heavy atom. The molecule has 1 aliphatic heterocycles. The summed E-state index contributed by atoms with van der Waals surface area (Å²) in [5.41, 5.74) is 0. The molecule has 0 aromatic carbocycles. The average molecular weight is 195 g/mol. The first-order valence-corrected chi connectivity index (χ1v) is 6.43. The lowest BCUT2D eigenvalue weighted by Crippen LogP contribution is -2.31. The van der Waals surface area contributed by atoms with E-state index in [9.17, 15) is 0 Å². The SMILES string of the molecule is CC1CCCC(C2CC(C)NC2C)C1. The van der Waals surface area contributed by atoms with Crippen LogP contribution in [-0.4, -0.2) is 12.1 Å². The van der Waals surface area contributed by atoms with Crippen molar-refractivity contribution in [2.24, 2.45) is 17.8 Å². The van der Waals surface area contributed by atoms with Crippen molar-refractivity contribution in [1.82, 2.24) is 5.32 Å². The molecule has 14 heavy (non-hydrogen) atoms. The summed E-state index contributed by atoms with van der Waals surface area (Å²) >= 11 is 0. The predicted octanol–water partition coefficient (Wildman–Crippen LogP) is 3.20. The predicted molar refractivity (Wildman–Crippen MR) is 61.3 cm³/mol. The van der Waals surface area contributed by atoms with E-state index in [-0.39, 0.29) is 0 Å². The second-order valence-electron chi connectivity index (χ2n) is 5.79. The van der Waals surface area contributed by atoms with E-state index in [1.165, 1.54) is 32.1 Å². The van der Waals surface area contributed by atoms with Crippen molar-refractivity contribution >= 4 is 0 Å². The largest absolute Gasteiger partial charge is 0.311 e. The Bertz CT molecular complexity index is 190.